The van der Waals surface area contributed by atoms with Crippen molar-refractivity contribution in [2.75, 3.05) is 18.4 Å². The van der Waals surface area contributed by atoms with E-state index in [-0.39, 0.29) is 11.8 Å². The molecule has 0 unspecified atom stereocenters. The lowest BCUT2D eigenvalue weighted by atomic mass is 9.90. The number of amides is 1. The Kier molecular flexibility index (Phi) is 5.10. The summed E-state index contributed by atoms with van der Waals surface area (Å²) >= 11 is 3.42. The van der Waals surface area contributed by atoms with E-state index < -0.39 is 23.3 Å². The Morgan fingerprint density at radius 3 is 2.59 bits per heavy atom. The van der Waals surface area contributed by atoms with E-state index in [4.69, 9.17) is 4.74 Å². The predicted molar refractivity (Wildman–Crippen MR) is 84.2 cm³/mol. The van der Waals surface area contributed by atoms with E-state index in [9.17, 15) is 13.6 Å². The topological polar surface area (TPSA) is 29.5 Å². The van der Waals surface area contributed by atoms with Gasteiger partial charge in [0.1, 0.15) is 17.2 Å². The average Bonchev–Trinajstić information content (AvgIpc) is 2.80. The largest absolute Gasteiger partial charge is 0.444 e. The van der Waals surface area contributed by atoms with Gasteiger partial charge < -0.3 is 9.64 Å². The van der Waals surface area contributed by atoms with Crippen LogP contribution in [0.1, 0.15) is 32.3 Å². The Morgan fingerprint density at radius 2 is 2.05 bits per heavy atom. The monoisotopic (exact) mass is 375 g/mol. The van der Waals surface area contributed by atoms with Crippen LogP contribution in [0.25, 0.3) is 0 Å². The van der Waals surface area contributed by atoms with Gasteiger partial charge in [-0.3, -0.25) is 0 Å². The molecule has 0 N–H and O–H groups in total. The first kappa shape index (κ1) is 17.2. The van der Waals surface area contributed by atoms with Crippen LogP contribution in [-0.2, 0) is 4.74 Å². The van der Waals surface area contributed by atoms with Gasteiger partial charge in [0.25, 0.3) is 0 Å². The molecule has 0 saturated carbocycles. The molecule has 2 atom stereocenters. The Labute approximate surface area is 137 Å². The summed E-state index contributed by atoms with van der Waals surface area (Å²) < 4.78 is 32.5. The Bertz CT molecular complexity index is 560. The smallest absolute Gasteiger partial charge is 0.410 e. The molecule has 1 fully saturated rings. The van der Waals surface area contributed by atoms with Gasteiger partial charge in [-0.2, -0.15) is 0 Å². The number of hydrogen-bond donors (Lipinski definition) is 0. The van der Waals surface area contributed by atoms with Crippen molar-refractivity contribution in [2.45, 2.75) is 32.3 Å². The molecule has 122 valence electrons. The van der Waals surface area contributed by atoms with E-state index in [0.29, 0.717) is 24.0 Å². The average molecular weight is 376 g/mol. The normalized spacial score (nSPS) is 22.0. The molecule has 1 aromatic carbocycles. The number of benzene rings is 1. The molecule has 0 spiro atoms. The van der Waals surface area contributed by atoms with Crippen LogP contribution in [0.15, 0.2) is 18.2 Å². The predicted octanol–water partition coefficient (Wildman–Crippen LogP) is 4.31. The molecule has 1 aromatic rings. The van der Waals surface area contributed by atoms with Crippen molar-refractivity contribution in [1.82, 2.24) is 4.90 Å². The van der Waals surface area contributed by atoms with Crippen LogP contribution < -0.4 is 0 Å². The summed E-state index contributed by atoms with van der Waals surface area (Å²) in [6, 6.07) is 3.60. The second-order valence-corrected chi connectivity index (χ2v) is 7.22. The van der Waals surface area contributed by atoms with Gasteiger partial charge >= 0.3 is 6.09 Å². The molecule has 0 radical (unpaired) electrons. The quantitative estimate of drug-likeness (QED) is 0.720. The third kappa shape index (κ3) is 3.97. The minimum absolute atomic E-state index is 0.0625. The van der Waals surface area contributed by atoms with E-state index >= 15 is 0 Å². The van der Waals surface area contributed by atoms with Gasteiger partial charge in [0.05, 0.1) is 0 Å². The summed E-state index contributed by atoms with van der Waals surface area (Å²) in [4.78, 5) is 13.8. The molecule has 1 saturated heterocycles. The second-order valence-electron chi connectivity index (χ2n) is 6.57. The molecule has 3 nitrogen and oxygen atoms in total. The van der Waals surface area contributed by atoms with E-state index in [1.54, 1.807) is 25.7 Å². The number of hydrogen-bond acceptors (Lipinski definition) is 2. The number of ether oxygens (including phenoxy) is 1. The van der Waals surface area contributed by atoms with Crippen molar-refractivity contribution >= 4 is 22.0 Å². The third-order valence-corrected chi connectivity index (χ3v) is 4.48. The van der Waals surface area contributed by atoms with Gasteiger partial charge in [0, 0.05) is 30.4 Å². The zero-order valence-corrected chi connectivity index (χ0v) is 14.5. The van der Waals surface area contributed by atoms with Gasteiger partial charge in [-0.15, -0.1) is 0 Å². The molecule has 22 heavy (non-hydrogen) atoms. The van der Waals surface area contributed by atoms with Crippen LogP contribution in [0.2, 0.25) is 0 Å². The van der Waals surface area contributed by atoms with Gasteiger partial charge in [0.2, 0.25) is 0 Å². The molecule has 1 aliphatic rings. The van der Waals surface area contributed by atoms with Gasteiger partial charge in [0.15, 0.2) is 0 Å². The molecular weight excluding hydrogens is 356 g/mol. The van der Waals surface area contributed by atoms with Crippen LogP contribution in [0.3, 0.4) is 0 Å². The number of nitrogens with zero attached hydrogens (tertiary/aromatic N) is 1. The van der Waals surface area contributed by atoms with Gasteiger partial charge in [-0.1, -0.05) is 22.0 Å². The second kappa shape index (κ2) is 6.52. The van der Waals surface area contributed by atoms with E-state index in [1.165, 1.54) is 12.1 Å². The summed E-state index contributed by atoms with van der Waals surface area (Å²) in [6.07, 6.45) is -0.400. The van der Waals surface area contributed by atoms with Crippen molar-refractivity contribution in [2.24, 2.45) is 5.92 Å². The van der Waals surface area contributed by atoms with Crippen molar-refractivity contribution < 1.29 is 18.3 Å². The van der Waals surface area contributed by atoms with E-state index in [1.807, 2.05) is 0 Å². The molecule has 0 aliphatic carbocycles. The first-order valence-corrected chi connectivity index (χ1v) is 8.32. The molecule has 1 aliphatic heterocycles. The summed E-state index contributed by atoms with van der Waals surface area (Å²) in [6.45, 7) is 6.27. The summed E-state index contributed by atoms with van der Waals surface area (Å²) in [5.41, 5.74) is -0.128. The third-order valence-electron chi connectivity index (χ3n) is 3.65. The Morgan fingerprint density at radius 1 is 1.36 bits per heavy atom. The van der Waals surface area contributed by atoms with E-state index in [2.05, 4.69) is 15.9 Å². The van der Waals surface area contributed by atoms with Crippen molar-refractivity contribution in [3.63, 3.8) is 0 Å². The van der Waals surface area contributed by atoms with Crippen LogP contribution in [0.5, 0.6) is 0 Å². The van der Waals surface area contributed by atoms with Crippen LogP contribution >= 0.6 is 15.9 Å². The van der Waals surface area contributed by atoms with E-state index in [0.717, 1.165) is 6.07 Å². The minimum Gasteiger partial charge on any atom is -0.444 e. The standard InChI is InChI=1S/C16H20BrF2NO2/c1-16(2,3)22-15(21)20-8-10(7-17)13(9-20)12-5-4-11(18)6-14(12)19/h4-6,10,13H,7-9H2,1-3H3/t10-,13-/m1/s1. The van der Waals surface area contributed by atoms with Crippen molar-refractivity contribution in [3.8, 4) is 0 Å². The highest BCUT2D eigenvalue weighted by atomic mass is 79.9. The minimum atomic E-state index is -0.598. The zero-order valence-electron chi connectivity index (χ0n) is 12.9. The van der Waals surface area contributed by atoms with Crippen molar-refractivity contribution in [1.29, 1.82) is 0 Å². The van der Waals surface area contributed by atoms with Crippen LogP contribution in [-0.4, -0.2) is 35.0 Å². The fourth-order valence-corrected chi connectivity index (χ4v) is 3.31. The summed E-state index contributed by atoms with van der Waals surface area (Å²) in [7, 11) is 0. The number of likely N-dealkylation sites (tertiary alicyclic amines) is 1. The molecule has 0 aromatic heterocycles. The summed E-state index contributed by atoms with van der Waals surface area (Å²) in [5.74, 6) is -1.28. The molecule has 6 heteroatoms. The number of alkyl halides is 1. The lowest BCUT2D eigenvalue weighted by Gasteiger charge is -2.24. The Balaban J connectivity index is 2.17. The first-order valence-electron chi connectivity index (χ1n) is 7.20. The lowest BCUT2D eigenvalue weighted by Crippen LogP contribution is -2.35. The molecule has 2 rings (SSSR count). The molecular formula is C16H20BrF2NO2. The molecule has 0 bridgehead atoms. The molecule has 1 heterocycles. The van der Waals surface area contributed by atoms with Gasteiger partial charge in [-0.05, 0) is 38.3 Å². The van der Waals surface area contributed by atoms with Crippen LogP contribution in [0.4, 0.5) is 13.6 Å². The fraction of sp³-hybridized carbons (Fsp3) is 0.562. The van der Waals surface area contributed by atoms with Gasteiger partial charge in [-0.25, -0.2) is 13.6 Å². The number of rotatable bonds is 2. The number of carbonyl (C=O) groups excluding carboxylic acids is 1. The highest BCUT2D eigenvalue weighted by Crippen LogP contribution is 2.36. The highest BCUT2D eigenvalue weighted by molar-refractivity contribution is 9.09. The number of halogens is 3. The summed E-state index contributed by atoms with van der Waals surface area (Å²) in [5, 5.41) is 0.633. The number of carbonyl (C=O) groups is 1. The Hall–Kier alpha value is -1.17. The lowest BCUT2D eigenvalue weighted by molar-refractivity contribution is 0.0288. The highest BCUT2D eigenvalue weighted by Gasteiger charge is 2.38. The van der Waals surface area contributed by atoms with Crippen molar-refractivity contribution in [3.05, 3.63) is 35.4 Å². The van der Waals surface area contributed by atoms with Crippen LogP contribution in [0, 0.1) is 17.6 Å². The molecule has 1 amide bonds. The zero-order chi connectivity index (χ0) is 16.5. The first-order chi connectivity index (χ1) is 10.2. The maximum atomic E-state index is 14.0. The maximum Gasteiger partial charge on any atom is 0.410 e. The fourth-order valence-electron chi connectivity index (χ4n) is 2.66. The maximum absolute atomic E-state index is 14.0. The SMILES string of the molecule is CC(C)(C)OC(=O)N1C[C@@H](CBr)[C@H](c2ccc(F)cc2F)C1.